The molecule has 188 valence electrons. The highest BCUT2D eigenvalue weighted by atomic mass is 16.5. The van der Waals surface area contributed by atoms with Gasteiger partial charge in [-0.05, 0) is 41.5 Å². The zero-order chi connectivity index (χ0) is 25.9. The molecule has 0 aliphatic heterocycles. The number of hydrogen-bond acceptors (Lipinski definition) is 4. The summed E-state index contributed by atoms with van der Waals surface area (Å²) in [5.74, 6) is 0.0562. The third-order valence-electron chi connectivity index (χ3n) is 5.55. The highest BCUT2D eigenvalue weighted by Gasteiger charge is 2.21. The molecule has 37 heavy (non-hydrogen) atoms. The van der Waals surface area contributed by atoms with E-state index in [9.17, 15) is 9.59 Å². The zero-order valence-corrected chi connectivity index (χ0v) is 20.5. The number of hydrogen-bond donors (Lipinski definition) is 3. The van der Waals surface area contributed by atoms with E-state index in [1.165, 1.54) is 0 Å². The van der Waals surface area contributed by atoms with Crippen molar-refractivity contribution in [1.29, 1.82) is 0 Å². The highest BCUT2D eigenvalue weighted by molar-refractivity contribution is 6.02. The molecule has 0 atom stereocenters. The van der Waals surface area contributed by atoms with Crippen molar-refractivity contribution in [2.45, 2.75) is 6.10 Å². The van der Waals surface area contributed by atoms with E-state index in [0.717, 1.165) is 11.1 Å². The van der Waals surface area contributed by atoms with Crippen LogP contribution in [0.15, 0.2) is 109 Å². The molecule has 0 spiro atoms. The van der Waals surface area contributed by atoms with Crippen molar-refractivity contribution in [2.24, 2.45) is 0 Å². The maximum atomic E-state index is 13.1. The average Bonchev–Trinajstić information content (AvgIpc) is 2.94. The first-order chi connectivity index (χ1) is 18.1. The predicted octanol–water partition coefficient (Wildman–Crippen LogP) is 5.88. The highest BCUT2D eigenvalue weighted by Crippen LogP contribution is 2.32. The Balaban J connectivity index is 1.62. The zero-order valence-electron chi connectivity index (χ0n) is 20.5. The Morgan fingerprint density at radius 1 is 0.730 bits per heavy atom. The molecule has 0 heterocycles. The van der Waals surface area contributed by atoms with Crippen LogP contribution in [0, 0.1) is 0 Å². The van der Waals surface area contributed by atoms with E-state index in [2.05, 4.69) is 16.0 Å². The van der Waals surface area contributed by atoms with Crippen molar-refractivity contribution in [3.05, 3.63) is 126 Å². The molecular formula is C30H29N3O4. The molecule has 0 aromatic heterocycles. The van der Waals surface area contributed by atoms with Gasteiger partial charge in [-0.25, -0.2) is 4.79 Å². The number of urea groups is 1. The molecule has 4 rings (SSSR count). The SMILES string of the molecule is COCCNC(=O)c1cc(NC(=O)Nc2ccccc2)ccc1OC(c1ccccc1)c1ccccc1. The summed E-state index contributed by atoms with van der Waals surface area (Å²) < 4.78 is 11.5. The molecule has 3 N–H and O–H groups in total. The minimum atomic E-state index is -0.437. The first-order valence-electron chi connectivity index (χ1n) is 11.9. The second kappa shape index (κ2) is 12.9. The summed E-state index contributed by atoms with van der Waals surface area (Å²) in [4.78, 5) is 25.7. The number of nitrogens with one attached hydrogen (secondary N) is 3. The van der Waals surface area contributed by atoms with Gasteiger partial charge in [-0.3, -0.25) is 4.79 Å². The number of methoxy groups -OCH3 is 1. The van der Waals surface area contributed by atoms with Crippen molar-refractivity contribution in [2.75, 3.05) is 30.9 Å². The van der Waals surface area contributed by atoms with Crippen LogP contribution in [0.3, 0.4) is 0 Å². The smallest absolute Gasteiger partial charge is 0.323 e. The van der Waals surface area contributed by atoms with Gasteiger partial charge in [0.15, 0.2) is 0 Å². The third-order valence-corrected chi connectivity index (χ3v) is 5.55. The monoisotopic (exact) mass is 495 g/mol. The predicted molar refractivity (Wildman–Crippen MR) is 145 cm³/mol. The van der Waals surface area contributed by atoms with E-state index >= 15 is 0 Å². The van der Waals surface area contributed by atoms with Gasteiger partial charge in [0.1, 0.15) is 11.9 Å². The van der Waals surface area contributed by atoms with Crippen molar-refractivity contribution in [3.8, 4) is 5.75 Å². The molecule has 0 aliphatic carbocycles. The van der Waals surface area contributed by atoms with Gasteiger partial charge in [0.25, 0.3) is 5.91 Å². The molecule has 0 bridgehead atoms. The van der Waals surface area contributed by atoms with E-state index < -0.39 is 12.1 Å². The largest absolute Gasteiger partial charge is 0.480 e. The molecule has 0 radical (unpaired) electrons. The number of para-hydroxylation sites is 1. The molecule has 0 aliphatic rings. The van der Waals surface area contributed by atoms with Gasteiger partial charge < -0.3 is 25.4 Å². The van der Waals surface area contributed by atoms with Crippen molar-refractivity contribution < 1.29 is 19.1 Å². The molecule has 0 unspecified atom stereocenters. The third kappa shape index (κ3) is 7.19. The minimum Gasteiger partial charge on any atom is -0.480 e. The van der Waals surface area contributed by atoms with Gasteiger partial charge in [-0.2, -0.15) is 0 Å². The lowest BCUT2D eigenvalue weighted by atomic mass is 10.0. The summed E-state index contributed by atoms with van der Waals surface area (Å²) in [6.45, 7) is 0.706. The van der Waals surface area contributed by atoms with Crippen LogP contribution in [-0.2, 0) is 4.74 Å². The van der Waals surface area contributed by atoms with E-state index in [1.807, 2.05) is 78.9 Å². The van der Waals surface area contributed by atoms with Gasteiger partial charge in [-0.1, -0.05) is 78.9 Å². The molecule has 7 nitrogen and oxygen atoms in total. The van der Waals surface area contributed by atoms with Gasteiger partial charge in [0.2, 0.25) is 0 Å². The summed E-state index contributed by atoms with van der Waals surface area (Å²) in [7, 11) is 1.57. The normalized spacial score (nSPS) is 10.5. The van der Waals surface area contributed by atoms with Gasteiger partial charge in [0.05, 0.1) is 12.2 Å². The molecule has 4 aromatic carbocycles. The fourth-order valence-corrected chi connectivity index (χ4v) is 3.78. The molecule has 0 saturated carbocycles. The first-order valence-corrected chi connectivity index (χ1v) is 11.9. The number of rotatable bonds is 10. The summed E-state index contributed by atoms with van der Waals surface area (Å²) in [6.07, 6.45) is -0.437. The fourth-order valence-electron chi connectivity index (χ4n) is 3.78. The van der Waals surface area contributed by atoms with Crippen LogP contribution in [0.5, 0.6) is 5.75 Å². The fraction of sp³-hybridized carbons (Fsp3) is 0.133. The summed E-state index contributed by atoms with van der Waals surface area (Å²) in [5.41, 5.74) is 3.30. The minimum absolute atomic E-state index is 0.297. The first kappa shape index (κ1) is 25.5. The Morgan fingerprint density at radius 3 is 1.89 bits per heavy atom. The molecule has 0 fully saturated rings. The lowest BCUT2D eigenvalue weighted by molar-refractivity contribution is 0.0931. The Kier molecular flexibility index (Phi) is 8.88. The van der Waals surface area contributed by atoms with Crippen molar-refractivity contribution in [1.82, 2.24) is 5.32 Å². The van der Waals surface area contributed by atoms with Crippen molar-refractivity contribution >= 4 is 23.3 Å². The number of benzene rings is 4. The Bertz CT molecular complexity index is 1260. The quantitative estimate of drug-likeness (QED) is 0.240. The lowest BCUT2D eigenvalue weighted by Crippen LogP contribution is -2.28. The molecule has 3 amide bonds. The van der Waals surface area contributed by atoms with Crippen molar-refractivity contribution in [3.63, 3.8) is 0 Å². The van der Waals surface area contributed by atoms with Gasteiger partial charge in [0, 0.05) is 25.0 Å². The van der Waals surface area contributed by atoms with E-state index in [4.69, 9.17) is 9.47 Å². The van der Waals surface area contributed by atoms with Crippen LogP contribution in [-0.4, -0.2) is 32.2 Å². The van der Waals surface area contributed by atoms with Gasteiger partial charge >= 0.3 is 6.03 Å². The molecule has 4 aromatic rings. The second-order valence-corrected chi connectivity index (χ2v) is 8.22. The average molecular weight is 496 g/mol. The molecular weight excluding hydrogens is 466 g/mol. The van der Waals surface area contributed by atoms with E-state index in [-0.39, 0.29) is 5.91 Å². The maximum absolute atomic E-state index is 13.1. The second-order valence-electron chi connectivity index (χ2n) is 8.22. The summed E-state index contributed by atoms with van der Waals surface area (Å²) in [5, 5.41) is 8.40. The van der Waals surface area contributed by atoms with Crippen LogP contribution in [0.1, 0.15) is 27.6 Å². The standard InChI is InChI=1S/C30H29N3O4/c1-36-20-19-31-29(34)26-21-25(33-30(35)32-24-15-9-4-10-16-24)17-18-27(26)37-28(22-11-5-2-6-12-22)23-13-7-3-8-14-23/h2-18,21,28H,19-20H2,1H3,(H,31,34)(H2,32,33,35). The number of ether oxygens (including phenoxy) is 2. The number of anilines is 2. The maximum Gasteiger partial charge on any atom is 0.323 e. The summed E-state index contributed by atoms with van der Waals surface area (Å²) in [6, 6.07) is 33.3. The van der Waals surface area contributed by atoms with E-state index in [1.54, 1.807) is 37.4 Å². The Labute approximate surface area is 216 Å². The Morgan fingerprint density at radius 2 is 1.30 bits per heavy atom. The Hall–Kier alpha value is -4.62. The number of carbonyl (C=O) groups excluding carboxylic acids is 2. The number of carbonyl (C=O) groups is 2. The molecule has 7 heteroatoms. The van der Waals surface area contributed by atoms with Crippen LogP contribution < -0.4 is 20.7 Å². The van der Waals surface area contributed by atoms with Crippen LogP contribution in [0.25, 0.3) is 0 Å². The summed E-state index contributed by atoms with van der Waals surface area (Å²) >= 11 is 0. The van der Waals surface area contributed by atoms with Crippen LogP contribution in [0.2, 0.25) is 0 Å². The topological polar surface area (TPSA) is 88.7 Å². The molecule has 0 saturated heterocycles. The van der Waals surface area contributed by atoms with E-state index in [0.29, 0.717) is 35.8 Å². The number of amides is 3. The van der Waals surface area contributed by atoms with Crippen LogP contribution >= 0.6 is 0 Å². The lowest BCUT2D eigenvalue weighted by Gasteiger charge is -2.22. The van der Waals surface area contributed by atoms with Crippen LogP contribution in [0.4, 0.5) is 16.2 Å². The van der Waals surface area contributed by atoms with Gasteiger partial charge in [-0.15, -0.1) is 0 Å².